The minimum Gasteiger partial charge on any atom is -0.353 e. The first-order chi connectivity index (χ1) is 14.9. The van der Waals surface area contributed by atoms with Gasteiger partial charge in [-0.25, -0.2) is 0 Å². The van der Waals surface area contributed by atoms with Crippen molar-refractivity contribution in [2.24, 2.45) is 34.3 Å². The minimum atomic E-state index is -0.196. The number of carbonyl (C=O) groups excluding carboxylic acids is 1. The predicted octanol–water partition coefficient (Wildman–Crippen LogP) is 5.40. The van der Waals surface area contributed by atoms with Gasteiger partial charge in [0.1, 0.15) is 0 Å². The van der Waals surface area contributed by atoms with E-state index in [0.29, 0.717) is 29.7 Å². The topological polar surface area (TPSA) is 55.1 Å². The van der Waals surface area contributed by atoms with E-state index in [1.54, 1.807) is 0 Å². The standard InChI is InChI=1S/C27H39ClN2O/c1-25(11-12-28)21-13-26(20-5-3-2-4-6-20)14-22(25)16-27(15-21,18-26)24(31)30-23-9-7-19(17-29)8-10-23/h2-6,19,21-23H,7-18,29H2,1H3,(H,30,31)/t19-,21?,22?,23-,25?,26?,27?. The average molecular weight is 443 g/mol. The van der Waals surface area contributed by atoms with Gasteiger partial charge in [-0.3, -0.25) is 4.79 Å². The summed E-state index contributed by atoms with van der Waals surface area (Å²) in [7, 11) is 0. The Balaban J connectivity index is 1.42. The molecule has 3 nitrogen and oxygen atoms in total. The van der Waals surface area contributed by atoms with Crippen molar-refractivity contribution in [3.63, 3.8) is 0 Å². The average Bonchev–Trinajstić information content (AvgIpc) is 2.78. The molecule has 3 N–H and O–H groups in total. The van der Waals surface area contributed by atoms with Crippen molar-refractivity contribution in [3.05, 3.63) is 35.9 Å². The van der Waals surface area contributed by atoms with Gasteiger partial charge in [-0.1, -0.05) is 37.3 Å². The third-order valence-electron chi connectivity index (χ3n) is 10.1. The van der Waals surface area contributed by atoms with Crippen molar-refractivity contribution in [2.75, 3.05) is 12.4 Å². The molecule has 170 valence electrons. The molecule has 5 aliphatic rings. The molecule has 1 aromatic carbocycles. The predicted molar refractivity (Wildman–Crippen MR) is 127 cm³/mol. The van der Waals surface area contributed by atoms with Crippen LogP contribution in [0.15, 0.2) is 30.3 Å². The van der Waals surface area contributed by atoms with Crippen LogP contribution >= 0.6 is 11.6 Å². The van der Waals surface area contributed by atoms with Gasteiger partial charge in [0.15, 0.2) is 0 Å². The summed E-state index contributed by atoms with van der Waals surface area (Å²) in [5, 5.41) is 3.54. The first-order valence-corrected chi connectivity index (χ1v) is 13.1. The van der Waals surface area contributed by atoms with E-state index in [9.17, 15) is 4.79 Å². The molecule has 4 heteroatoms. The number of halogens is 1. The Labute approximate surface area is 192 Å². The molecular formula is C27H39ClN2O. The lowest BCUT2D eigenvalue weighted by Crippen LogP contribution is -2.65. The second-order valence-electron chi connectivity index (χ2n) is 11.7. The largest absolute Gasteiger partial charge is 0.353 e. The maximum atomic E-state index is 13.9. The summed E-state index contributed by atoms with van der Waals surface area (Å²) < 4.78 is 0. The summed E-state index contributed by atoms with van der Waals surface area (Å²) in [5.41, 5.74) is 7.58. The zero-order valence-corrected chi connectivity index (χ0v) is 19.8. The van der Waals surface area contributed by atoms with E-state index < -0.39 is 0 Å². The summed E-state index contributed by atoms with van der Waals surface area (Å²) in [6, 6.07) is 11.4. The van der Waals surface area contributed by atoms with E-state index in [0.717, 1.165) is 63.8 Å². The molecule has 5 saturated carbocycles. The molecule has 5 fully saturated rings. The second kappa shape index (κ2) is 8.06. The first-order valence-electron chi connectivity index (χ1n) is 12.6. The van der Waals surface area contributed by atoms with Crippen molar-refractivity contribution in [1.29, 1.82) is 0 Å². The van der Waals surface area contributed by atoms with E-state index in [1.807, 2.05) is 0 Å². The van der Waals surface area contributed by atoms with Gasteiger partial charge in [0.2, 0.25) is 5.91 Å². The van der Waals surface area contributed by atoms with Crippen molar-refractivity contribution >= 4 is 17.5 Å². The summed E-state index contributed by atoms with van der Waals surface area (Å²) >= 11 is 6.30. The van der Waals surface area contributed by atoms with E-state index in [2.05, 4.69) is 42.6 Å². The Bertz CT molecular complexity index is 785. The third kappa shape index (κ3) is 3.55. The van der Waals surface area contributed by atoms with Crippen LogP contribution in [0, 0.1) is 28.6 Å². The Morgan fingerprint density at radius 2 is 1.71 bits per heavy atom. The fourth-order valence-corrected chi connectivity index (χ4v) is 8.70. The van der Waals surface area contributed by atoms with Crippen LogP contribution in [0.2, 0.25) is 0 Å². The van der Waals surface area contributed by atoms with Gasteiger partial charge < -0.3 is 11.1 Å². The Kier molecular flexibility index (Phi) is 5.66. The highest BCUT2D eigenvalue weighted by Gasteiger charge is 2.67. The number of carbonyl (C=O) groups is 1. The van der Waals surface area contributed by atoms with Crippen LogP contribution in [-0.2, 0) is 10.2 Å². The van der Waals surface area contributed by atoms with Crippen LogP contribution in [0.3, 0.4) is 0 Å². The van der Waals surface area contributed by atoms with E-state index in [1.165, 1.54) is 18.4 Å². The first kappa shape index (κ1) is 21.8. The molecule has 0 radical (unpaired) electrons. The minimum absolute atomic E-state index is 0.160. The number of hydrogen-bond donors (Lipinski definition) is 2. The molecular weight excluding hydrogens is 404 g/mol. The fraction of sp³-hybridized carbons (Fsp3) is 0.741. The molecule has 0 saturated heterocycles. The van der Waals surface area contributed by atoms with Gasteiger partial charge in [-0.15, -0.1) is 11.6 Å². The normalized spacial score (nSPS) is 43.7. The number of nitrogens with two attached hydrogens (primary N) is 1. The second-order valence-corrected chi connectivity index (χ2v) is 12.1. The van der Waals surface area contributed by atoms with Gasteiger partial charge in [0.05, 0.1) is 5.41 Å². The molecule has 0 heterocycles. The lowest BCUT2D eigenvalue weighted by Gasteiger charge is -2.68. The molecule has 4 bridgehead atoms. The monoisotopic (exact) mass is 442 g/mol. The van der Waals surface area contributed by atoms with Gasteiger partial charge in [0.25, 0.3) is 0 Å². The van der Waals surface area contributed by atoms with Crippen LogP contribution in [-0.4, -0.2) is 24.4 Å². The summed E-state index contributed by atoms with van der Waals surface area (Å²) in [4.78, 5) is 13.9. The lowest BCUT2D eigenvalue weighted by molar-refractivity contribution is -0.176. The molecule has 0 aliphatic heterocycles. The molecule has 0 aromatic heterocycles. The van der Waals surface area contributed by atoms with Gasteiger partial charge >= 0.3 is 0 Å². The van der Waals surface area contributed by atoms with Gasteiger partial charge in [-0.05, 0) is 105 Å². The van der Waals surface area contributed by atoms with Crippen molar-refractivity contribution in [2.45, 2.75) is 82.6 Å². The molecule has 0 spiro atoms. The highest BCUT2D eigenvalue weighted by molar-refractivity contribution is 6.17. The molecule has 1 amide bonds. The van der Waals surface area contributed by atoms with Crippen molar-refractivity contribution in [3.8, 4) is 0 Å². The summed E-state index contributed by atoms with van der Waals surface area (Å²) in [6.07, 6.45) is 11.1. The fourth-order valence-electron chi connectivity index (χ4n) is 8.29. The zero-order valence-electron chi connectivity index (χ0n) is 19.0. The Morgan fingerprint density at radius 1 is 1.06 bits per heavy atom. The Morgan fingerprint density at radius 3 is 2.29 bits per heavy atom. The van der Waals surface area contributed by atoms with Crippen LogP contribution in [0.25, 0.3) is 0 Å². The number of rotatable bonds is 6. The zero-order chi connectivity index (χ0) is 21.7. The molecule has 1 aromatic rings. The molecule has 5 aliphatic carbocycles. The molecule has 2 atom stereocenters. The summed E-state index contributed by atoms with van der Waals surface area (Å²) in [5.74, 6) is 2.90. The van der Waals surface area contributed by atoms with E-state index in [4.69, 9.17) is 17.3 Å². The van der Waals surface area contributed by atoms with E-state index >= 15 is 0 Å². The van der Waals surface area contributed by atoms with Crippen LogP contribution in [0.5, 0.6) is 0 Å². The maximum Gasteiger partial charge on any atom is 0.226 e. The molecule has 31 heavy (non-hydrogen) atoms. The lowest BCUT2D eigenvalue weighted by atomic mass is 9.36. The van der Waals surface area contributed by atoms with Crippen molar-refractivity contribution in [1.82, 2.24) is 5.32 Å². The van der Waals surface area contributed by atoms with Gasteiger partial charge in [0, 0.05) is 11.9 Å². The summed E-state index contributed by atoms with van der Waals surface area (Å²) in [6.45, 7) is 3.26. The van der Waals surface area contributed by atoms with Crippen LogP contribution in [0.1, 0.15) is 76.7 Å². The van der Waals surface area contributed by atoms with E-state index in [-0.39, 0.29) is 16.2 Å². The number of hydrogen-bond acceptors (Lipinski definition) is 2. The van der Waals surface area contributed by atoms with Gasteiger partial charge in [-0.2, -0.15) is 0 Å². The molecule has 2 unspecified atom stereocenters. The number of alkyl halides is 1. The number of benzene rings is 1. The number of amides is 1. The highest BCUT2D eigenvalue weighted by Crippen LogP contribution is 2.72. The SMILES string of the molecule is CC1(CCCl)C2CC3(C(=O)N[C@H]4CC[C@H](CN)CC4)CC1CC(c1ccccc1)(C2)C3. The molecule has 6 rings (SSSR count). The van der Waals surface area contributed by atoms with Crippen LogP contribution in [0.4, 0.5) is 0 Å². The number of nitrogens with one attached hydrogen (secondary N) is 1. The van der Waals surface area contributed by atoms with Crippen molar-refractivity contribution < 1.29 is 4.79 Å². The Hall–Kier alpha value is -1.06. The van der Waals surface area contributed by atoms with Crippen LogP contribution < -0.4 is 11.1 Å². The smallest absolute Gasteiger partial charge is 0.226 e. The highest BCUT2D eigenvalue weighted by atomic mass is 35.5. The maximum absolute atomic E-state index is 13.9. The quantitative estimate of drug-likeness (QED) is 0.579. The third-order valence-corrected chi connectivity index (χ3v) is 10.3.